The maximum absolute atomic E-state index is 13.9. The van der Waals surface area contributed by atoms with E-state index in [4.69, 9.17) is 9.26 Å². The third-order valence-electron chi connectivity index (χ3n) is 7.42. The van der Waals surface area contributed by atoms with Crippen molar-refractivity contribution in [2.24, 2.45) is 0 Å². The Morgan fingerprint density at radius 3 is 2.41 bits per heavy atom. The Morgan fingerprint density at radius 1 is 0.923 bits per heavy atom. The fourth-order valence-electron chi connectivity index (χ4n) is 5.56. The SMILES string of the molecule is CCOc1ccc(Nc2cc(N3CCN(c4ccccn4)CC3)c3noc4c3c2C(=O)c2ccccc2-4)cc1. The average Bonchev–Trinajstić information content (AvgIpc) is 3.43. The lowest BCUT2D eigenvalue weighted by molar-refractivity contribution is 0.104. The van der Waals surface area contributed by atoms with Crippen LogP contribution in [-0.2, 0) is 0 Å². The number of ketones is 1. The lowest BCUT2D eigenvalue weighted by atomic mass is 9.86. The first-order chi connectivity index (χ1) is 19.2. The number of pyridine rings is 1. The van der Waals surface area contributed by atoms with Gasteiger partial charge in [-0.15, -0.1) is 0 Å². The summed E-state index contributed by atoms with van der Waals surface area (Å²) in [5.74, 6) is 2.39. The lowest BCUT2D eigenvalue weighted by Crippen LogP contribution is -2.47. The summed E-state index contributed by atoms with van der Waals surface area (Å²) in [5, 5.41) is 8.80. The molecular formula is C31H27N5O3. The summed E-state index contributed by atoms with van der Waals surface area (Å²) in [6, 6.07) is 23.4. The third-order valence-corrected chi connectivity index (χ3v) is 7.42. The molecule has 0 radical (unpaired) electrons. The molecule has 3 heterocycles. The summed E-state index contributed by atoms with van der Waals surface area (Å²) in [6.45, 7) is 5.81. The van der Waals surface area contributed by atoms with Crippen molar-refractivity contribution in [3.8, 4) is 17.1 Å². The van der Waals surface area contributed by atoms with E-state index in [-0.39, 0.29) is 5.78 Å². The molecule has 0 spiro atoms. The summed E-state index contributed by atoms with van der Waals surface area (Å²) in [6.07, 6.45) is 1.83. The number of piperazine rings is 1. The quantitative estimate of drug-likeness (QED) is 0.292. The fraction of sp³-hybridized carbons (Fsp3) is 0.194. The van der Waals surface area contributed by atoms with Crippen LogP contribution in [0.4, 0.5) is 22.9 Å². The molecule has 0 bridgehead atoms. The third kappa shape index (κ3) is 3.96. The van der Waals surface area contributed by atoms with Gasteiger partial charge in [0.1, 0.15) is 17.1 Å². The summed E-state index contributed by atoms with van der Waals surface area (Å²) in [5.41, 5.74) is 5.25. The maximum atomic E-state index is 13.9. The molecule has 0 atom stereocenters. The van der Waals surface area contributed by atoms with Crippen molar-refractivity contribution in [3.63, 3.8) is 0 Å². The van der Waals surface area contributed by atoms with Gasteiger partial charge in [0, 0.05) is 49.2 Å². The number of nitrogens with zero attached hydrogens (tertiary/aromatic N) is 4. The van der Waals surface area contributed by atoms with Gasteiger partial charge in [0.2, 0.25) is 0 Å². The summed E-state index contributed by atoms with van der Waals surface area (Å²) >= 11 is 0. The fourth-order valence-corrected chi connectivity index (χ4v) is 5.56. The van der Waals surface area contributed by atoms with Gasteiger partial charge >= 0.3 is 0 Å². The van der Waals surface area contributed by atoms with Gasteiger partial charge < -0.3 is 24.4 Å². The van der Waals surface area contributed by atoms with E-state index >= 15 is 0 Å². The summed E-state index contributed by atoms with van der Waals surface area (Å²) in [4.78, 5) is 23.0. The number of carbonyl (C=O) groups is 1. The van der Waals surface area contributed by atoms with Crippen molar-refractivity contribution in [2.75, 3.05) is 47.9 Å². The monoisotopic (exact) mass is 517 g/mol. The molecular weight excluding hydrogens is 490 g/mol. The van der Waals surface area contributed by atoms with E-state index in [9.17, 15) is 4.79 Å². The Kier molecular flexibility index (Phi) is 5.65. The molecule has 8 heteroatoms. The number of benzene rings is 3. The van der Waals surface area contributed by atoms with E-state index in [0.717, 1.165) is 65.8 Å². The number of fused-ring (bicyclic) bond motifs is 2. The number of carbonyl (C=O) groups excluding carboxylic acids is 1. The van der Waals surface area contributed by atoms with Crippen molar-refractivity contribution >= 4 is 39.6 Å². The molecule has 5 aromatic rings. The van der Waals surface area contributed by atoms with Gasteiger partial charge in [0.05, 0.1) is 28.9 Å². The highest BCUT2D eigenvalue weighted by Crippen LogP contribution is 2.46. The molecule has 7 rings (SSSR count). The minimum atomic E-state index is -0.0359. The molecule has 0 saturated carbocycles. The van der Waals surface area contributed by atoms with Crippen LogP contribution < -0.4 is 19.9 Å². The van der Waals surface area contributed by atoms with Gasteiger partial charge in [-0.2, -0.15) is 0 Å². The Morgan fingerprint density at radius 2 is 1.67 bits per heavy atom. The van der Waals surface area contributed by atoms with Gasteiger partial charge in [0.15, 0.2) is 11.5 Å². The molecule has 1 fully saturated rings. The van der Waals surface area contributed by atoms with Crippen molar-refractivity contribution in [3.05, 3.63) is 90.1 Å². The zero-order valence-corrected chi connectivity index (χ0v) is 21.6. The van der Waals surface area contributed by atoms with Gasteiger partial charge in [-0.05, 0) is 49.4 Å². The normalized spacial score (nSPS) is 14.4. The van der Waals surface area contributed by atoms with Gasteiger partial charge in [-0.1, -0.05) is 35.5 Å². The highest BCUT2D eigenvalue weighted by atomic mass is 16.5. The Hall–Kier alpha value is -4.85. The van der Waals surface area contributed by atoms with Crippen molar-refractivity contribution in [2.45, 2.75) is 6.92 Å². The number of anilines is 4. The first-order valence-corrected chi connectivity index (χ1v) is 13.2. The highest BCUT2D eigenvalue weighted by Gasteiger charge is 2.34. The van der Waals surface area contributed by atoms with Crippen LogP contribution in [-0.4, -0.2) is 48.7 Å². The van der Waals surface area contributed by atoms with Crippen LogP contribution in [0.25, 0.3) is 22.2 Å². The second-order valence-corrected chi connectivity index (χ2v) is 9.67. The molecule has 2 aromatic heterocycles. The lowest BCUT2D eigenvalue weighted by Gasteiger charge is -2.37. The molecule has 0 amide bonds. The number of ether oxygens (including phenoxy) is 1. The van der Waals surface area contributed by atoms with Crippen LogP contribution in [0.15, 0.2) is 83.5 Å². The van der Waals surface area contributed by atoms with Crippen LogP contribution in [0, 0.1) is 0 Å². The minimum Gasteiger partial charge on any atom is -0.494 e. The summed E-state index contributed by atoms with van der Waals surface area (Å²) in [7, 11) is 0. The van der Waals surface area contributed by atoms with Gasteiger partial charge in [-0.3, -0.25) is 4.79 Å². The zero-order chi connectivity index (χ0) is 26.3. The molecule has 39 heavy (non-hydrogen) atoms. The molecule has 1 aliphatic heterocycles. The Labute approximate surface area is 225 Å². The molecule has 1 N–H and O–H groups in total. The predicted octanol–water partition coefficient (Wildman–Crippen LogP) is 5.90. The van der Waals surface area contributed by atoms with E-state index < -0.39 is 0 Å². The predicted molar refractivity (Wildman–Crippen MR) is 152 cm³/mol. The average molecular weight is 518 g/mol. The number of rotatable bonds is 6. The largest absolute Gasteiger partial charge is 0.494 e. The molecule has 0 unspecified atom stereocenters. The van der Waals surface area contributed by atoms with Crippen molar-refractivity contribution in [1.82, 2.24) is 10.1 Å². The molecule has 3 aromatic carbocycles. The topological polar surface area (TPSA) is 83.7 Å². The second-order valence-electron chi connectivity index (χ2n) is 9.67. The summed E-state index contributed by atoms with van der Waals surface area (Å²) < 4.78 is 11.6. The van der Waals surface area contributed by atoms with E-state index in [0.29, 0.717) is 29.0 Å². The number of nitrogens with one attached hydrogen (secondary N) is 1. The molecule has 8 nitrogen and oxygen atoms in total. The molecule has 194 valence electrons. The van der Waals surface area contributed by atoms with Crippen molar-refractivity contribution in [1.29, 1.82) is 0 Å². The Balaban J connectivity index is 1.31. The smallest absolute Gasteiger partial charge is 0.196 e. The number of hydrogen-bond acceptors (Lipinski definition) is 8. The standard InChI is InChI=1S/C31H27N5O3/c1-2-38-21-12-10-20(11-13-21)33-24-19-25(35-15-17-36(18-16-35)26-9-5-6-14-32-26)29-28-27(24)30(37)22-7-3-4-8-23(22)31(28)39-34-29/h3-14,19,33H,2,15-18H2,1H3. The van der Waals surface area contributed by atoms with Crippen LogP contribution >= 0.6 is 0 Å². The van der Waals surface area contributed by atoms with Gasteiger partial charge in [0.25, 0.3) is 0 Å². The van der Waals surface area contributed by atoms with Crippen LogP contribution in [0.3, 0.4) is 0 Å². The molecule has 1 aliphatic carbocycles. The number of aromatic nitrogens is 2. The van der Waals surface area contributed by atoms with E-state index in [2.05, 4.69) is 25.3 Å². The first kappa shape index (κ1) is 23.3. The van der Waals surface area contributed by atoms with Crippen LogP contribution in [0.2, 0.25) is 0 Å². The minimum absolute atomic E-state index is 0.0359. The second kappa shape index (κ2) is 9.47. The molecule has 2 aliphatic rings. The van der Waals surface area contributed by atoms with E-state index in [1.165, 1.54) is 0 Å². The van der Waals surface area contributed by atoms with Crippen LogP contribution in [0.5, 0.6) is 5.75 Å². The van der Waals surface area contributed by atoms with Crippen molar-refractivity contribution < 1.29 is 14.1 Å². The Bertz CT molecular complexity index is 1670. The van der Waals surface area contributed by atoms with E-state index in [1.807, 2.05) is 85.9 Å². The zero-order valence-electron chi connectivity index (χ0n) is 21.6. The number of hydrogen-bond donors (Lipinski definition) is 1. The maximum Gasteiger partial charge on any atom is 0.196 e. The van der Waals surface area contributed by atoms with Crippen LogP contribution in [0.1, 0.15) is 22.8 Å². The van der Waals surface area contributed by atoms with E-state index in [1.54, 1.807) is 0 Å². The highest BCUT2D eigenvalue weighted by molar-refractivity contribution is 6.28. The first-order valence-electron chi connectivity index (χ1n) is 13.2. The molecule has 1 saturated heterocycles. The van der Waals surface area contributed by atoms with Gasteiger partial charge in [-0.25, -0.2) is 4.98 Å².